The summed E-state index contributed by atoms with van der Waals surface area (Å²) >= 11 is 0. The molecule has 2 N–H and O–H groups in total. The van der Waals surface area contributed by atoms with Crippen molar-refractivity contribution in [3.8, 4) is 5.75 Å². The zero-order valence-corrected chi connectivity index (χ0v) is 11.9. The first-order chi connectivity index (χ1) is 9.70. The lowest BCUT2D eigenvalue weighted by Gasteiger charge is -2.20. The van der Waals surface area contributed by atoms with Crippen LogP contribution in [0.15, 0.2) is 54.6 Å². The highest BCUT2D eigenvalue weighted by Crippen LogP contribution is 2.17. The number of benzene rings is 2. The number of aliphatic hydroxyl groups is 1. The van der Waals surface area contributed by atoms with Crippen molar-refractivity contribution >= 4 is 0 Å². The van der Waals surface area contributed by atoms with Crippen molar-refractivity contribution in [2.75, 3.05) is 7.11 Å². The van der Waals surface area contributed by atoms with Crippen LogP contribution in [0.4, 0.5) is 0 Å². The maximum atomic E-state index is 10.3. The minimum Gasteiger partial charge on any atom is -0.497 e. The molecule has 0 heterocycles. The van der Waals surface area contributed by atoms with Crippen LogP contribution in [0.2, 0.25) is 0 Å². The van der Waals surface area contributed by atoms with Crippen molar-refractivity contribution in [3.05, 3.63) is 65.7 Å². The van der Waals surface area contributed by atoms with Crippen molar-refractivity contribution in [2.24, 2.45) is 0 Å². The highest BCUT2D eigenvalue weighted by molar-refractivity contribution is 5.28. The quantitative estimate of drug-likeness (QED) is 0.849. The van der Waals surface area contributed by atoms with Crippen LogP contribution < -0.4 is 10.1 Å². The van der Waals surface area contributed by atoms with E-state index in [1.54, 1.807) is 7.11 Å². The maximum absolute atomic E-state index is 10.3. The zero-order chi connectivity index (χ0) is 14.4. The standard InChI is InChI=1S/C17H21NO2/c1-13(17(19)15-8-4-3-5-9-15)18-12-14-7-6-10-16(11-14)20-2/h3-11,13,17-19H,12H2,1-2H3/t13-,17-/m1/s1. The van der Waals surface area contributed by atoms with E-state index in [-0.39, 0.29) is 6.04 Å². The minimum atomic E-state index is -0.512. The van der Waals surface area contributed by atoms with Crippen LogP contribution in [0.1, 0.15) is 24.2 Å². The summed E-state index contributed by atoms with van der Waals surface area (Å²) in [5.74, 6) is 0.848. The van der Waals surface area contributed by atoms with Gasteiger partial charge in [-0.2, -0.15) is 0 Å². The van der Waals surface area contributed by atoms with E-state index in [4.69, 9.17) is 4.74 Å². The minimum absolute atomic E-state index is 0.0244. The van der Waals surface area contributed by atoms with Gasteiger partial charge >= 0.3 is 0 Å². The Kier molecular flexibility index (Phi) is 5.16. The van der Waals surface area contributed by atoms with Crippen molar-refractivity contribution in [3.63, 3.8) is 0 Å². The van der Waals surface area contributed by atoms with Gasteiger partial charge in [-0.05, 0) is 30.2 Å². The Hall–Kier alpha value is -1.84. The number of rotatable bonds is 6. The monoisotopic (exact) mass is 271 g/mol. The summed E-state index contributed by atoms with van der Waals surface area (Å²) in [4.78, 5) is 0. The lowest BCUT2D eigenvalue weighted by molar-refractivity contribution is 0.135. The molecular formula is C17H21NO2. The Balaban J connectivity index is 1.93. The van der Waals surface area contributed by atoms with Gasteiger partial charge in [-0.15, -0.1) is 0 Å². The fourth-order valence-electron chi connectivity index (χ4n) is 2.11. The van der Waals surface area contributed by atoms with Crippen molar-refractivity contribution < 1.29 is 9.84 Å². The normalized spacial score (nSPS) is 13.8. The number of ether oxygens (including phenoxy) is 1. The first-order valence-electron chi connectivity index (χ1n) is 6.80. The molecule has 0 spiro atoms. The van der Waals surface area contributed by atoms with Crippen molar-refractivity contribution in [2.45, 2.75) is 25.6 Å². The lowest BCUT2D eigenvalue weighted by atomic mass is 10.0. The lowest BCUT2D eigenvalue weighted by Crippen LogP contribution is -2.31. The predicted octanol–water partition coefficient (Wildman–Crippen LogP) is 2.91. The predicted molar refractivity (Wildman–Crippen MR) is 80.7 cm³/mol. The molecule has 0 fully saturated rings. The zero-order valence-electron chi connectivity index (χ0n) is 11.9. The van der Waals surface area contributed by atoms with Crippen molar-refractivity contribution in [1.29, 1.82) is 0 Å². The summed E-state index contributed by atoms with van der Waals surface area (Å²) in [5.41, 5.74) is 2.06. The van der Waals surface area contributed by atoms with E-state index in [1.165, 1.54) is 0 Å². The fraction of sp³-hybridized carbons (Fsp3) is 0.294. The van der Waals surface area contributed by atoms with Crippen LogP contribution in [0.25, 0.3) is 0 Å². The average molecular weight is 271 g/mol. The van der Waals surface area contributed by atoms with Gasteiger partial charge in [-0.25, -0.2) is 0 Å². The van der Waals surface area contributed by atoms with Gasteiger partial charge in [0.1, 0.15) is 5.75 Å². The molecule has 106 valence electrons. The van der Waals surface area contributed by atoms with Gasteiger partial charge in [0, 0.05) is 12.6 Å². The largest absolute Gasteiger partial charge is 0.497 e. The molecule has 0 aliphatic carbocycles. The number of hydrogen-bond donors (Lipinski definition) is 2. The molecule has 0 radical (unpaired) electrons. The maximum Gasteiger partial charge on any atom is 0.119 e. The summed E-state index contributed by atoms with van der Waals surface area (Å²) in [6, 6.07) is 17.6. The Morgan fingerprint density at radius 1 is 1.10 bits per heavy atom. The van der Waals surface area contributed by atoms with E-state index < -0.39 is 6.10 Å². The third kappa shape index (κ3) is 3.83. The Morgan fingerprint density at radius 2 is 1.85 bits per heavy atom. The molecule has 0 saturated heterocycles. The van der Waals surface area contributed by atoms with E-state index in [1.807, 2.05) is 61.5 Å². The van der Waals surface area contributed by atoms with Crippen molar-refractivity contribution in [1.82, 2.24) is 5.32 Å². The SMILES string of the molecule is COc1cccc(CN[C@H](C)[C@@H](O)c2ccccc2)c1. The molecule has 0 saturated carbocycles. The van der Waals surface area contributed by atoms with Gasteiger partial charge in [0.15, 0.2) is 0 Å². The summed E-state index contributed by atoms with van der Waals surface area (Å²) in [6.07, 6.45) is -0.512. The molecule has 0 amide bonds. The third-order valence-electron chi connectivity index (χ3n) is 3.38. The first-order valence-corrected chi connectivity index (χ1v) is 6.80. The van der Waals surface area contributed by atoms with Crippen LogP contribution in [-0.4, -0.2) is 18.3 Å². The first kappa shape index (κ1) is 14.6. The smallest absolute Gasteiger partial charge is 0.119 e. The second-order valence-corrected chi connectivity index (χ2v) is 4.88. The van der Waals surface area contributed by atoms with Crippen LogP contribution in [-0.2, 0) is 6.54 Å². The Bertz CT molecular complexity index is 528. The molecule has 0 unspecified atom stereocenters. The second-order valence-electron chi connectivity index (χ2n) is 4.88. The molecule has 0 aliphatic rings. The summed E-state index contributed by atoms with van der Waals surface area (Å²) in [7, 11) is 1.66. The number of methoxy groups -OCH3 is 1. The van der Waals surface area contributed by atoms with Gasteiger partial charge < -0.3 is 15.2 Å². The molecule has 3 nitrogen and oxygen atoms in total. The van der Waals surface area contributed by atoms with E-state index in [2.05, 4.69) is 5.32 Å². The van der Waals surface area contributed by atoms with Gasteiger partial charge in [0.25, 0.3) is 0 Å². The highest BCUT2D eigenvalue weighted by Gasteiger charge is 2.15. The third-order valence-corrected chi connectivity index (χ3v) is 3.38. The van der Waals surface area contributed by atoms with Gasteiger partial charge in [-0.3, -0.25) is 0 Å². The van der Waals surface area contributed by atoms with Crippen LogP contribution in [0, 0.1) is 0 Å². The number of hydrogen-bond acceptors (Lipinski definition) is 3. The topological polar surface area (TPSA) is 41.5 Å². The molecule has 2 rings (SSSR count). The fourth-order valence-corrected chi connectivity index (χ4v) is 2.11. The number of nitrogens with one attached hydrogen (secondary N) is 1. The van der Waals surface area contributed by atoms with Crippen LogP contribution in [0.5, 0.6) is 5.75 Å². The highest BCUT2D eigenvalue weighted by atomic mass is 16.5. The van der Waals surface area contributed by atoms with Gasteiger partial charge in [-0.1, -0.05) is 42.5 Å². The average Bonchev–Trinajstić information content (AvgIpc) is 2.53. The summed E-state index contributed by atoms with van der Waals surface area (Å²) in [6.45, 7) is 2.68. The number of aliphatic hydroxyl groups excluding tert-OH is 1. The van der Waals surface area contributed by atoms with E-state index in [0.29, 0.717) is 6.54 Å². The van der Waals surface area contributed by atoms with Crippen LogP contribution >= 0.6 is 0 Å². The van der Waals surface area contributed by atoms with Crippen LogP contribution in [0.3, 0.4) is 0 Å². The van der Waals surface area contributed by atoms with E-state index >= 15 is 0 Å². The molecular weight excluding hydrogens is 250 g/mol. The Labute approximate surface area is 120 Å². The molecule has 0 bridgehead atoms. The van der Waals surface area contributed by atoms with Gasteiger partial charge in [0.2, 0.25) is 0 Å². The molecule has 20 heavy (non-hydrogen) atoms. The van der Waals surface area contributed by atoms with E-state index in [0.717, 1.165) is 16.9 Å². The van der Waals surface area contributed by atoms with E-state index in [9.17, 15) is 5.11 Å². The molecule has 2 aromatic rings. The molecule has 2 aromatic carbocycles. The molecule has 3 heteroatoms. The molecule has 2 atom stereocenters. The second kappa shape index (κ2) is 7.08. The van der Waals surface area contributed by atoms with Gasteiger partial charge in [0.05, 0.1) is 13.2 Å². The summed E-state index contributed by atoms with van der Waals surface area (Å²) < 4.78 is 5.20. The summed E-state index contributed by atoms with van der Waals surface area (Å²) in [5, 5.41) is 13.6. The Morgan fingerprint density at radius 3 is 2.55 bits per heavy atom. The molecule has 0 aliphatic heterocycles. The molecule has 0 aromatic heterocycles.